The average molecular weight is 98.2 g/mol. The van der Waals surface area contributed by atoms with E-state index in [0.717, 1.165) is 0 Å². The first-order valence-corrected chi connectivity index (χ1v) is 1.20. The van der Waals surface area contributed by atoms with Gasteiger partial charge in [-0.3, -0.25) is 0 Å². The van der Waals surface area contributed by atoms with Crippen LogP contribution in [0.3, 0.4) is 0 Å². The fourth-order valence-corrected chi connectivity index (χ4v) is 0. The van der Waals surface area contributed by atoms with Crippen LogP contribution in [-0.4, -0.2) is 43.5 Å². The van der Waals surface area contributed by atoms with E-state index in [1.807, 2.05) is 0 Å². The van der Waals surface area contributed by atoms with E-state index in [2.05, 4.69) is 0 Å². The third-order valence-electron chi connectivity index (χ3n) is 0. The second-order valence-electron chi connectivity index (χ2n) is 0.908. The summed E-state index contributed by atoms with van der Waals surface area (Å²) in [6, 6.07) is 0. The van der Waals surface area contributed by atoms with E-state index in [9.17, 15) is 4.79 Å². The minimum atomic E-state index is 0. The fraction of sp³-hybridized carbons (Fsp3) is 0.667. The van der Waals surface area contributed by atoms with Crippen LogP contribution < -0.4 is 0 Å². The Balaban J connectivity index is 0. The van der Waals surface area contributed by atoms with Gasteiger partial charge in [-0.05, 0) is 13.8 Å². The topological polar surface area (TPSA) is 17.1 Å². The first-order valence-electron chi connectivity index (χ1n) is 1.20. The van der Waals surface area contributed by atoms with Gasteiger partial charge in [0.25, 0.3) is 0 Å². The number of carbonyl (C=O) groups is 1. The Labute approximate surface area is 61.7 Å². The number of hydrogen-bond acceptors (Lipinski definition) is 1. The molecule has 0 amide bonds. The molecular weight excluding hydrogens is 92.1 g/mol. The Bertz CT molecular complexity index is 29.9. The van der Waals surface area contributed by atoms with Crippen molar-refractivity contribution in [1.29, 1.82) is 0 Å². The summed E-state index contributed by atoms with van der Waals surface area (Å²) in [5.74, 6) is 0.167. The monoisotopic (exact) mass is 98.0 g/mol. The van der Waals surface area contributed by atoms with E-state index in [-0.39, 0.29) is 43.5 Å². The zero-order chi connectivity index (χ0) is 3.58. The summed E-state index contributed by atoms with van der Waals surface area (Å²) >= 11 is 0. The maximum absolute atomic E-state index is 9.44. The van der Waals surface area contributed by atoms with Crippen LogP contribution in [-0.2, 0) is 4.79 Å². The van der Waals surface area contributed by atoms with Gasteiger partial charge in [0.05, 0.1) is 0 Å². The molecule has 0 saturated carbocycles. The van der Waals surface area contributed by atoms with Gasteiger partial charge >= 0.3 is 0 Å². The molecule has 0 spiro atoms. The summed E-state index contributed by atoms with van der Waals surface area (Å²) < 4.78 is 0. The Hall–Kier alpha value is 0.930. The molecule has 0 N–H and O–H groups in total. The molecule has 1 nitrogen and oxygen atoms in total. The summed E-state index contributed by atoms with van der Waals surface area (Å²) in [6.07, 6.45) is 0. The molecule has 0 rings (SSSR count). The number of hydrogen-bond donors (Lipinski definition) is 0. The van der Waals surface area contributed by atoms with Crippen molar-refractivity contribution in [3.63, 3.8) is 0 Å². The van der Waals surface area contributed by atoms with Crippen LogP contribution in [0, 0.1) is 0 Å². The molecule has 0 aromatic rings. The fourth-order valence-electron chi connectivity index (χ4n) is 0. The summed E-state index contributed by atoms with van der Waals surface area (Å²) in [7, 11) is 0. The molecule has 5 heavy (non-hydrogen) atoms. The molecule has 0 atom stereocenters. The van der Waals surface area contributed by atoms with E-state index in [0.29, 0.717) is 0 Å². The van der Waals surface area contributed by atoms with Gasteiger partial charge in [-0.15, -0.1) is 0 Å². The van der Waals surface area contributed by atoms with E-state index >= 15 is 0 Å². The number of carbonyl (C=O) groups excluding carboxylic acids is 1. The quantitative estimate of drug-likeness (QED) is 0.396. The Kier molecular flexibility index (Phi) is 9.20. The Morgan fingerprint density at radius 2 is 1.40 bits per heavy atom. The van der Waals surface area contributed by atoms with Crippen molar-refractivity contribution in [1.82, 2.24) is 0 Å². The summed E-state index contributed by atoms with van der Waals surface area (Å²) in [5, 5.41) is 0. The first-order chi connectivity index (χ1) is 1.73. The zero-order valence-corrected chi connectivity index (χ0v) is 5.82. The van der Waals surface area contributed by atoms with Crippen molar-refractivity contribution in [2.24, 2.45) is 0 Å². The van der Waals surface area contributed by atoms with Crippen molar-refractivity contribution < 1.29 is 4.79 Å². The standard InChI is InChI=1S/C3H6O.Ca/c1-3(2)4;/h1-2H3;. The predicted molar refractivity (Wildman–Crippen MR) is 22.1 cm³/mol. The number of rotatable bonds is 0. The maximum Gasteiger partial charge on any atom is 0.126 e. The van der Waals surface area contributed by atoms with Crippen molar-refractivity contribution in [2.75, 3.05) is 0 Å². The Morgan fingerprint density at radius 3 is 1.40 bits per heavy atom. The van der Waals surface area contributed by atoms with E-state index < -0.39 is 0 Å². The van der Waals surface area contributed by atoms with Gasteiger partial charge in [-0.25, -0.2) is 0 Å². The zero-order valence-electron chi connectivity index (χ0n) is 3.62. The molecule has 0 bridgehead atoms. The largest absolute Gasteiger partial charge is 0.300 e. The van der Waals surface area contributed by atoms with Gasteiger partial charge in [0.1, 0.15) is 5.78 Å². The van der Waals surface area contributed by atoms with Gasteiger partial charge in [0.2, 0.25) is 0 Å². The molecule has 0 unspecified atom stereocenters. The van der Waals surface area contributed by atoms with Crippen LogP contribution in [0.25, 0.3) is 0 Å². The molecule has 0 aromatic carbocycles. The number of ketones is 1. The van der Waals surface area contributed by atoms with Gasteiger partial charge in [-0.2, -0.15) is 0 Å². The molecular formula is C3H6CaO. The SMILES string of the molecule is CC(C)=O.[Ca]. The van der Waals surface area contributed by atoms with Crippen LogP contribution in [0.15, 0.2) is 0 Å². The van der Waals surface area contributed by atoms with Gasteiger partial charge in [-0.1, -0.05) is 0 Å². The number of Topliss-reactive ketones (excluding diaryl/α,β-unsaturated/α-hetero) is 1. The average Bonchev–Trinajstić information content (AvgIpc) is 0.811. The third-order valence-corrected chi connectivity index (χ3v) is 0. The molecule has 2 radical (unpaired) electrons. The van der Waals surface area contributed by atoms with E-state index in [1.54, 1.807) is 0 Å². The second-order valence-corrected chi connectivity index (χ2v) is 0.908. The minimum Gasteiger partial charge on any atom is -0.300 e. The van der Waals surface area contributed by atoms with Crippen LogP contribution >= 0.6 is 0 Å². The minimum absolute atomic E-state index is 0. The summed E-state index contributed by atoms with van der Waals surface area (Å²) in [6.45, 7) is 3.06. The molecule has 0 aromatic heterocycles. The second kappa shape index (κ2) is 4.93. The van der Waals surface area contributed by atoms with Crippen LogP contribution in [0.5, 0.6) is 0 Å². The van der Waals surface area contributed by atoms with Crippen molar-refractivity contribution in [3.8, 4) is 0 Å². The van der Waals surface area contributed by atoms with Gasteiger partial charge < -0.3 is 4.79 Å². The van der Waals surface area contributed by atoms with Crippen molar-refractivity contribution >= 4 is 43.5 Å². The summed E-state index contributed by atoms with van der Waals surface area (Å²) in [5.41, 5.74) is 0. The smallest absolute Gasteiger partial charge is 0.126 e. The van der Waals surface area contributed by atoms with Crippen LogP contribution in [0.1, 0.15) is 13.8 Å². The van der Waals surface area contributed by atoms with Crippen LogP contribution in [0.2, 0.25) is 0 Å². The molecule has 2 heteroatoms. The van der Waals surface area contributed by atoms with Crippen LogP contribution in [0.4, 0.5) is 0 Å². The molecule has 0 aliphatic carbocycles. The third kappa shape index (κ3) is 49.0. The molecule has 0 heterocycles. The molecule has 26 valence electrons. The van der Waals surface area contributed by atoms with Crippen molar-refractivity contribution in [3.05, 3.63) is 0 Å². The first kappa shape index (κ1) is 9.33. The summed E-state index contributed by atoms with van der Waals surface area (Å²) in [4.78, 5) is 9.44. The normalized spacial score (nSPS) is 5.20. The van der Waals surface area contributed by atoms with Gasteiger partial charge in [0.15, 0.2) is 0 Å². The van der Waals surface area contributed by atoms with Gasteiger partial charge in [0, 0.05) is 37.7 Å². The molecule has 0 fully saturated rings. The molecule has 0 saturated heterocycles. The molecule has 0 aliphatic heterocycles. The Morgan fingerprint density at radius 1 is 1.40 bits per heavy atom. The van der Waals surface area contributed by atoms with E-state index in [4.69, 9.17) is 0 Å². The maximum atomic E-state index is 9.44. The van der Waals surface area contributed by atoms with E-state index in [1.165, 1.54) is 13.8 Å². The molecule has 0 aliphatic rings. The van der Waals surface area contributed by atoms with Crippen molar-refractivity contribution in [2.45, 2.75) is 13.8 Å². The predicted octanol–water partition coefficient (Wildman–Crippen LogP) is 0.214.